The topological polar surface area (TPSA) is 127 Å². The summed E-state index contributed by atoms with van der Waals surface area (Å²) in [5.74, 6) is 0. The number of hydrogen-bond acceptors (Lipinski definition) is 9. The van der Waals surface area contributed by atoms with E-state index in [1.807, 2.05) is 0 Å². The highest BCUT2D eigenvalue weighted by Gasteiger charge is 1.93. The van der Waals surface area contributed by atoms with Crippen molar-refractivity contribution in [2.45, 2.75) is 0 Å². The van der Waals surface area contributed by atoms with Crippen molar-refractivity contribution >= 4 is 11.2 Å². The number of imidazole rings is 1. The van der Waals surface area contributed by atoms with Crippen LogP contribution in [0, 0.1) is 0 Å². The molecule has 7 N–H and O–H groups in total. The summed E-state index contributed by atoms with van der Waals surface area (Å²) in [5.41, 5.74) is 1.59. The van der Waals surface area contributed by atoms with E-state index in [9.17, 15) is 0 Å². The molecule has 3 fully saturated rings. The van der Waals surface area contributed by atoms with Crippen molar-refractivity contribution in [2.24, 2.45) is 0 Å². The van der Waals surface area contributed by atoms with E-state index >= 15 is 0 Å². The number of aromatic amines is 1. The lowest BCUT2D eigenvalue weighted by molar-refractivity contribution is 0.534. The lowest BCUT2D eigenvalue weighted by Crippen LogP contribution is -2.39. The normalized spacial score (nSPS) is 19.4. The molecule has 0 unspecified atom stereocenters. The van der Waals surface area contributed by atoms with Crippen molar-refractivity contribution in [3.63, 3.8) is 0 Å². The van der Waals surface area contributed by atoms with Gasteiger partial charge in [-0.1, -0.05) is 0 Å². The van der Waals surface area contributed by atoms with Crippen LogP contribution in [0.25, 0.3) is 11.2 Å². The van der Waals surface area contributed by atoms with E-state index in [4.69, 9.17) is 0 Å². The molecule has 152 valence electrons. The Morgan fingerprint density at radius 1 is 0.556 bits per heavy atom. The Balaban J connectivity index is 0.000000132. The van der Waals surface area contributed by atoms with Crippen LogP contribution in [-0.4, -0.2) is 98.5 Å². The minimum absolute atomic E-state index is 0.713. The fourth-order valence-electron chi connectivity index (χ4n) is 2.50. The molecule has 0 spiro atoms. The lowest BCUT2D eigenvalue weighted by atomic mass is 10.4. The molecule has 27 heavy (non-hydrogen) atoms. The van der Waals surface area contributed by atoms with Crippen molar-refractivity contribution in [3.05, 3.63) is 18.9 Å². The van der Waals surface area contributed by atoms with Crippen molar-refractivity contribution in [1.82, 2.24) is 51.8 Å². The van der Waals surface area contributed by atoms with Gasteiger partial charge >= 0.3 is 0 Å². The molecular formula is C17H34N10. The summed E-state index contributed by atoms with van der Waals surface area (Å²) < 4.78 is 0. The molecule has 5 heterocycles. The van der Waals surface area contributed by atoms with Crippen LogP contribution in [0.15, 0.2) is 18.9 Å². The molecular weight excluding hydrogens is 344 g/mol. The zero-order valence-electron chi connectivity index (χ0n) is 16.1. The summed E-state index contributed by atoms with van der Waals surface area (Å²) >= 11 is 0. The number of nitrogens with zero attached hydrogens (tertiary/aromatic N) is 3. The van der Waals surface area contributed by atoms with E-state index in [2.05, 4.69) is 51.8 Å². The van der Waals surface area contributed by atoms with Gasteiger partial charge in [-0.25, -0.2) is 15.0 Å². The fraction of sp³-hybridized carbons (Fsp3) is 0.706. The molecule has 0 atom stereocenters. The Bertz CT molecular complexity index is 470. The van der Waals surface area contributed by atoms with Gasteiger partial charge in [0.1, 0.15) is 11.8 Å². The average molecular weight is 379 g/mol. The summed E-state index contributed by atoms with van der Waals surface area (Å²) in [5, 5.41) is 19.3. The average Bonchev–Trinajstić information content (AvgIpc) is 3.28. The van der Waals surface area contributed by atoms with Crippen LogP contribution in [0.4, 0.5) is 0 Å². The van der Waals surface area contributed by atoms with E-state index in [0.717, 1.165) is 84.1 Å². The molecule has 0 bridgehead atoms. The number of nitrogens with one attached hydrogen (secondary N) is 7. The molecule has 2 aromatic rings. The third-order valence-corrected chi connectivity index (χ3v) is 3.97. The number of rotatable bonds is 0. The SMILES string of the molecule is C1CNCCN1.C1CNCCN1.C1CNCCN1.c1ncc2[nH]cnc2n1. The summed E-state index contributed by atoms with van der Waals surface area (Å²) in [7, 11) is 0. The number of fused-ring (bicyclic) bond motifs is 1. The van der Waals surface area contributed by atoms with Gasteiger partial charge < -0.3 is 36.9 Å². The maximum absolute atomic E-state index is 3.91. The predicted molar refractivity (Wildman–Crippen MR) is 109 cm³/mol. The molecule has 0 amide bonds. The summed E-state index contributed by atoms with van der Waals surface area (Å²) in [6, 6.07) is 0. The first-order valence-corrected chi connectivity index (χ1v) is 9.80. The second kappa shape index (κ2) is 15.4. The highest BCUT2D eigenvalue weighted by molar-refractivity contribution is 5.67. The number of hydrogen-bond donors (Lipinski definition) is 7. The van der Waals surface area contributed by atoms with Gasteiger partial charge in [0.15, 0.2) is 5.65 Å². The maximum Gasteiger partial charge on any atom is 0.180 e. The summed E-state index contributed by atoms with van der Waals surface area (Å²) in [6.45, 7) is 13.7. The smallest absolute Gasteiger partial charge is 0.180 e. The van der Waals surface area contributed by atoms with Gasteiger partial charge in [-0.2, -0.15) is 0 Å². The number of H-pyrrole nitrogens is 1. The second-order valence-electron chi connectivity index (χ2n) is 6.16. The van der Waals surface area contributed by atoms with E-state index < -0.39 is 0 Å². The van der Waals surface area contributed by atoms with Crippen LogP contribution < -0.4 is 31.9 Å². The van der Waals surface area contributed by atoms with Crippen molar-refractivity contribution in [3.8, 4) is 0 Å². The first-order chi connectivity index (χ1) is 13.5. The van der Waals surface area contributed by atoms with Crippen molar-refractivity contribution in [1.29, 1.82) is 0 Å². The predicted octanol–water partition coefficient (Wildman–Crippen LogP) is -2.11. The Hall–Kier alpha value is -1.69. The number of piperazine rings is 3. The quantitative estimate of drug-likeness (QED) is 0.276. The van der Waals surface area contributed by atoms with Crippen LogP contribution in [-0.2, 0) is 0 Å². The standard InChI is InChI=1S/C5H4N4.3C4H10N2/c1-4-5(8-2-6-1)9-3-7-4;3*1-2-6-4-3-5-1/h1-3H,(H,6,7,8,9);3*5-6H,1-4H2. The van der Waals surface area contributed by atoms with E-state index in [1.54, 1.807) is 12.5 Å². The lowest BCUT2D eigenvalue weighted by Gasteiger charge is -2.11. The monoisotopic (exact) mass is 378 g/mol. The van der Waals surface area contributed by atoms with E-state index in [-0.39, 0.29) is 0 Å². The largest absolute Gasteiger partial charge is 0.342 e. The minimum atomic E-state index is 0.713. The van der Waals surface area contributed by atoms with Gasteiger partial charge in [-0.05, 0) is 0 Å². The summed E-state index contributed by atoms with van der Waals surface area (Å²) in [6.07, 6.45) is 4.76. The molecule has 0 saturated carbocycles. The third-order valence-electron chi connectivity index (χ3n) is 3.97. The molecule has 0 aromatic carbocycles. The van der Waals surface area contributed by atoms with E-state index in [0.29, 0.717) is 5.65 Å². The Labute approximate surface area is 161 Å². The molecule has 0 aliphatic carbocycles. The van der Waals surface area contributed by atoms with Crippen LogP contribution in [0.1, 0.15) is 0 Å². The molecule has 5 rings (SSSR count). The highest BCUT2D eigenvalue weighted by Crippen LogP contribution is 1.99. The van der Waals surface area contributed by atoms with Crippen molar-refractivity contribution in [2.75, 3.05) is 78.5 Å². The van der Waals surface area contributed by atoms with Crippen LogP contribution in [0.2, 0.25) is 0 Å². The molecule has 3 saturated heterocycles. The van der Waals surface area contributed by atoms with Crippen LogP contribution >= 0.6 is 0 Å². The van der Waals surface area contributed by atoms with Gasteiger partial charge in [0.25, 0.3) is 0 Å². The molecule has 3 aliphatic rings. The van der Waals surface area contributed by atoms with Gasteiger partial charge in [-0.15, -0.1) is 0 Å². The second-order valence-corrected chi connectivity index (χ2v) is 6.16. The van der Waals surface area contributed by atoms with Gasteiger partial charge in [0.05, 0.1) is 12.5 Å². The highest BCUT2D eigenvalue weighted by atomic mass is 15.0. The minimum Gasteiger partial charge on any atom is -0.342 e. The van der Waals surface area contributed by atoms with Gasteiger partial charge in [-0.3, -0.25) is 0 Å². The maximum atomic E-state index is 3.91. The first-order valence-electron chi connectivity index (χ1n) is 9.80. The van der Waals surface area contributed by atoms with Gasteiger partial charge in [0, 0.05) is 78.5 Å². The fourth-order valence-corrected chi connectivity index (χ4v) is 2.50. The zero-order chi connectivity index (χ0) is 18.8. The van der Waals surface area contributed by atoms with E-state index in [1.165, 1.54) is 6.33 Å². The van der Waals surface area contributed by atoms with Gasteiger partial charge in [0.2, 0.25) is 0 Å². The Morgan fingerprint density at radius 2 is 0.963 bits per heavy atom. The molecule has 0 radical (unpaired) electrons. The zero-order valence-corrected chi connectivity index (χ0v) is 16.1. The Kier molecular flexibility index (Phi) is 12.3. The first kappa shape index (κ1) is 21.6. The summed E-state index contributed by atoms with van der Waals surface area (Å²) in [4.78, 5) is 14.5. The third kappa shape index (κ3) is 10.9. The molecule has 10 nitrogen and oxygen atoms in total. The van der Waals surface area contributed by atoms with Crippen molar-refractivity contribution < 1.29 is 0 Å². The van der Waals surface area contributed by atoms with Crippen LogP contribution in [0.5, 0.6) is 0 Å². The Morgan fingerprint density at radius 3 is 1.30 bits per heavy atom. The molecule has 10 heteroatoms. The van der Waals surface area contributed by atoms with Crippen LogP contribution in [0.3, 0.4) is 0 Å². The number of aromatic nitrogens is 4. The molecule has 3 aliphatic heterocycles. The molecule has 2 aromatic heterocycles.